The number of aromatic amines is 1. The molecule has 2 aromatic heterocycles. The quantitative estimate of drug-likeness (QED) is 0.634. The molecule has 0 unspecified atom stereocenters. The third-order valence-corrected chi connectivity index (χ3v) is 5.96. The Morgan fingerprint density at radius 2 is 2.30 bits per heavy atom. The average Bonchev–Trinajstić information content (AvgIpc) is 3.37. The van der Waals surface area contributed by atoms with Gasteiger partial charge in [-0.2, -0.15) is 5.10 Å². The summed E-state index contributed by atoms with van der Waals surface area (Å²) in [7, 11) is 0. The number of hydrogen-bond donors (Lipinski definition) is 1. The van der Waals surface area contributed by atoms with Gasteiger partial charge < -0.3 is 4.74 Å². The number of H-pyrrole nitrogens is 1. The lowest BCUT2D eigenvalue weighted by atomic mass is 10.0. The Labute approximate surface area is 168 Å². The molecule has 0 radical (unpaired) electrons. The average molecular weight is 403 g/mol. The van der Waals surface area contributed by atoms with Crippen molar-refractivity contribution in [1.82, 2.24) is 20.1 Å². The number of thiazole rings is 1. The van der Waals surface area contributed by atoms with Crippen molar-refractivity contribution >= 4 is 22.9 Å². The first-order valence-electron chi connectivity index (χ1n) is 9.22. The highest BCUT2D eigenvalue weighted by Crippen LogP contribution is 2.28. The number of nitrogens with one attached hydrogen (secondary N) is 1. The van der Waals surface area contributed by atoms with Gasteiger partial charge in [0.25, 0.3) is 0 Å². The van der Waals surface area contributed by atoms with E-state index in [9.17, 15) is 0 Å². The summed E-state index contributed by atoms with van der Waals surface area (Å²) in [6, 6.07) is 9.67. The van der Waals surface area contributed by atoms with Gasteiger partial charge in [-0.15, -0.1) is 11.3 Å². The molecule has 3 heterocycles. The van der Waals surface area contributed by atoms with Gasteiger partial charge in [0, 0.05) is 47.2 Å². The summed E-state index contributed by atoms with van der Waals surface area (Å²) in [5.41, 5.74) is 2.28. The monoisotopic (exact) mass is 402 g/mol. The van der Waals surface area contributed by atoms with Crippen molar-refractivity contribution in [1.29, 1.82) is 0 Å². The van der Waals surface area contributed by atoms with E-state index in [2.05, 4.69) is 33.1 Å². The van der Waals surface area contributed by atoms with Gasteiger partial charge in [-0.3, -0.25) is 10.00 Å². The maximum absolute atomic E-state index is 5.98. The van der Waals surface area contributed by atoms with Gasteiger partial charge in [0.05, 0.1) is 17.3 Å². The molecule has 1 atom stereocenters. The summed E-state index contributed by atoms with van der Waals surface area (Å²) in [4.78, 5) is 8.19. The molecule has 27 heavy (non-hydrogen) atoms. The summed E-state index contributed by atoms with van der Waals surface area (Å²) in [6.07, 6.45) is 3.96. The molecular weight excluding hydrogens is 380 g/mol. The maximum Gasteiger partial charge on any atom is 0.120 e. The van der Waals surface area contributed by atoms with Crippen LogP contribution in [0, 0.1) is 6.92 Å². The van der Waals surface area contributed by atoms with Gasteiger partial charge in [0.1, 0.15) is 5.75 Å². The van der Waals surface area contributed by atoms with E-state index in [4.69, 9.17) is 16.3 Å². The number of aromatic nitrogens is 3. The minimum absolute atomic E-state index is 0.498. The first-order chi connectivity index (χ1) is 13.2. The molecule has 1 aliphatic heterocycles. The van der Waals surface area contributed by atoms with Crippen molar-refractivity contribution in [2.24, 2.45) is 0 Å². The normalized spacial score (nSPS) is 17.5. The number of likely N-dealkylation sites (tertiary alicyclic amines) is 1. The topological polar surface area (TPSA) is 54.0 Å². The second kappa shape index (κ2) is 8.42. The van der Waals surface area contributed by atoms with E-state index < -0.39 is 0 Å². The van der Waals surface area contributed by atoms with Crippen molar-refractivity contribution in [3.8, 4) is 5.75 Å². The Hall–Kier alpha value is -1.89. The van der Waals surface area contributed by atoms with Crippen LogP contribution in [-0.4, -0.2) is 39.8 Å². The molecular formula is C20H23ClN4OS. The van der Waals surface area contributed by atoms with E-state index in [1.54, 1.807) is 11.3 Å². The van der Waals surface area contributed by atoms with E-state index >= 15 is 0 Å². The van der Waals surface area contributed by atoms with Crippen LogP contribution in [0.2, 0.25) is 5.02 Å². The van der Waals surface area contributed by atoms with Crippen LogP contribution in [0.4, 0.5) is 0 Å². The van der Waals surface area contributed by atoms with Crippen LogP contribution >= 0.6 is 22.9 Å². The van der Waals surface area contributed by atoms with Gasteiger partial charge in [-0.05, 0) is 44.2 Å². The number of benzene rings is 1. The van der Waals surface area contributed by atoms with Crippen LogP contribution in [0.25, 0.3) is 0 Å². The van der Waals surface area contributed by atoms with Gasteiger partial charge >= 0.3 is 0 Å². The lowest BCUT2D eigenvalue weighted by Gasteiger charge is -2.13. The predicted molar refractivity (Wildman–Crippen MR) is 109 cm³/mol. The molecule has 1 aliphatic rings. The van der Waals surface area contributed by atoms with E-state index in [1.807, 2.05) is 30.5 Å². The molecule has 0 amide bonds. The van der Waals surface area contributed by atoms with Crippen LogP contribution in [0.5, 0.6) is 5.75 Å². The molecule has 0 saturated carbocycles. The first-order valence-corrected chi connectivity index (χ1v) is 10.4. The van der Waals surface area contributed by atoms with Crippen LogP contribution in [0.15, 0.2) is 36.5 Å². The van der Waals surface area contributed by atoms with Gasteiger partial charge in [0.2, 0.25) is 0 Å². The SMILES string of the molecule is Cc1ncc(CN2CC[C@H](c3cc(CCOc4cccc(Cl)c4)[nH]n3)C2)s1. The lowest BCUT2D eigenvalue weighted by Crippen LogP contribution is -2.19. The Balaban J connectivity index is 1.26. The number of aryl methyl sites for hydroxylation is 1. The zero-order valence-electron chi connectivity index (χ0n) is 15.3. The highest BCUT2D eigenvalue weighted by atomic mass is 35.5. The predicted octanol–water partition coefficient (Wildman–Crippen LogP) is 4.44. The number of hydrogen-bond acceptors (Lipinski definition) is 5. The van der Waals surface area contributed by atoms with Crippen molar-refractivity contribution in [3.05, 3.63) is 62.8 Å². The molecule has 0 spiro atoms. The Morgan fingerprint density at radius 1 is 1.37 bits per heavy atom. The standard InChI is InChI=1S/C20H23ClN4OS/c1-14-22-11-19(27-14)13-25-7-5-15(12-25)20-10-17(23-24-20)6-8-26-18-4-2-3-16(21)9-18/h2-4,9-11,15H,5-8,12-13H2,1H3,(H,23,24)/t15-/m0/s1. The Morgan fingerprint density at radius 3 is 3.11 bits per heavy atom. The Kier molecular flexibility index (Phi) is 5.76. The maximum atomic E-state index is 5.98. The smallest absolute Gasteiger partial charge is 0.120 e. The third-order valence-electron chi connectivity index (χ3n) is 4.83. The van der Waals surface area contributed by atoms with Crippen LogP contribution < -0.4 is 4.74 Å². The Bertz CT molecular complexity index is 894. The van der Waals surface area contributed by atoms with Crippen molar-refractivity contribution in [2.45, 2.75) is 32.2 Å². The van der Waals surface area contributed by atoms with Crippen LogP contribution in [0.3, 0.4) is 0 Å². The summed E-state index contributed by atoms with van der Waals surface area (Å²) in [6.45, 7) is 5.82. The highest BCUT2D eigenvalue weighted by molar-refractivity contribution is 7.11. The fourth-order valence-electron chi connectivity index (χ4n) is 3.47. The summed E-state index contributed by atoms with van der Waals surface area (Å²) < 4.78 is 5.77. The number of nitrogens with zero attached hydrogens (tertiary/aromatic N) is 3. The number of rotatable bonds is 7. The summed E-state index contributed by atoms with van der Waals surface area (Å²) in [5, 5.41) is 9.54. The lowest BCUT2D eigenvalue weighted by molar-refractivity contribution is 0.320. The fourth-order valence-corrected chi connectivity index (χ4v) is 4.49. The number of ether oxygens (including phenoxy) is 1. The molecule has 5 nitrogen and oxygen atoms in total. The molecule has 1 aromatic carbocycles. The molecule has 1 fully saturated rings. The summed E-state index contributed by atoms with van der Waals surface area (Å²) >= 11 is 7.76. The minimum Gasteiger partial charge on any atom is -0.493 e. The zero-order chi connectivity index (χ0) is 18.6. The van der Waals surface area contributed by atoms with Gasteiger partial charge in [-0.1, -0.05) is 17.7 Å². The molecule has 1 N–H and O–H groups in total. The molecule has 0 aliphatic carbocycles. The van der Waals surface area contributed by atoms with Gasteiger partial charge in [-0.25, -0.2) is 4.98 Å². The second-order valence-corrected chi connectivity index (χ2v) is 8.70. The van der Waals surface area contributed by atoms with Crippen LogP contribution in [0.1, 0.15) is 33.6 Å². The van der Waals surface area contributed by atoms with Crippen LogP contribution in [-0.2, 0) is 13.0 Å². The third kappa shape index (κ3) is 4.89. The number of halogens is 1. The molecule has 1 saturated heterocycles. The molecule has 142 valence electrons. The van der Waals surface area contributed by atoms with Crippen molar-refractivity contribution in [3.63, 3.8) is 0 Å². The van der Waals surface area contributed by atoms with E-state index in [1.165, 1.54) is 4.88 Å². The molecule has 7 heteroatoms. The van der Waals surface area contributed by atoms with E-state index in [0.717, 1.165) is 54.6 Å². The second-order valence-electron chi connectivity index (χ2n) is 6.94. The molecule has 0 bridgehead atoms. The largest absolute Gasteiger partial charge is 0.493 e. The first kappa shape index (κ1) is 18.5. The highest BCUT2D eigenvalue weighted by Gasteiger charge is 2.26. The van der Waals surface area contributed by atoms with Gasteiger partial charge in [0.15, 0.2) is 0 Å². The molecule has 3 aromatic rings. The van der Waals surface area contributed by atoms with Crippen molar-refractivity contribution in [2.75, 3.05) is 19.7 Å². The zero-order valence-corrected chi connectivity index (χ0v) is 16.9. The summed E-state index contributed by atoms with van der Waals surface area (Å²) in [5.74, 6) is 1.30. The fraction of sp³-hybridized carbons (Fsp3) is 0.400. The van der Waals surface area contributed by atoms with Crippen molar-refractivity contribution < 1.29 is 4.74 Å². The van der Waals surface area contributed by atoms with E-state index in [-0.39, 0.29) is 0 Å². The van der Waals surface area contributed by atoms with E-state index in [0.29, 0.717) is 17.5 Å². The molecule has 4 rings (SSSR count). The minimum atomic E-state index is 0.498.